The number of hydrogen-bond acceptors (Lipinski definition) is 25. The quantitative estimate of drug-likeness (QED) is 0.0607. The lowest BCUT2D eigenvalue weighted by molar-refractivity contribution is -0.387. The molecule has 0 saturated carbocycles. The summed E-state index contributed by atoms with van der Waals surface area (Å²) in [5.41, 5.74) is 0. The fourth-order valence-electron chi connectivity index (χ4n) is 7.76. The van der Waals surface area contributed by atoms with Crippen LogP contribution in [0.3, 0.4) is 0 Å². The third kappa shape index (κ3) is 11.2. The summed E-state index contributed by atoms with van der Waals surface area (Å²) in [5.74, 6) is -12.6. The van der Waals surface area contributed by atoms with Crippen LogP contribution in [-0.2, 0) is 52.3 Å². The lowest BCUT2D eigenvalue weighted by atomic mass is 9.87. The molecule has 0 bridgehead atoms. The third-order valence-electron chi connectivity index (χ3n) is 11.0. The molecule has 2 amide bonds. The number of aliphatic carboxylic acids is 2. The first-order valence-corrected chi connectivity index (χ1v) is 19.4. The topological polar surface area (TPSA) is 481 Å². The number of carboxylic acid groups (broad SMARTS) is 2. The predicted octanol–water partition coefficient (Wildman–Crippen LogP) is -11.0. The lowest BCUT2D eigenvalue weighted by Gasteiger charge is -2.51. The first-order chi connectivity index (χ1) is 29.4. The van der Waals surface area contributed by atoms with E-state index in [4.69, 9.17) is 33.2 Å². The van der Waals surface area contributed by atoms with Crippen LogP contribution in [0.15, 0.2) is 0 Å². The predicted molar refractivity (Wildman–Crippen MR) is 191 cm³/mol. The van der Waals surface area contributed by atoms with E-state index in [1.165, 1.54) is 0 Å². The second kappa shape index (κ2) is 21.6. The van der Waals surface area contributed by atoms with Gasteiger partial charge in [0, 0.05) is 26.7 Å². The molecular weight excluding hydrogens is 868 g/mol. The van der Waals surface area contributed by atoms with E-state index in [1.54, 1.807) is 0 Å². The number of hydrogen-bond donors (Lipinski definition) is 18. The fraction of sp³-hybridized carbons (Fsp3) is 0.882. The monoisotopic (exact) mass is 924 g/mol. The van der Waals surface area contributed by atoms with Gasteiger partial charge in [-0.25, -0.2) is 9.59 Å². The van der Waals surface area contributed by atoms with Crippen LogP contribution in [0.1, 0.15) is 26.7 Å². The normalized spacial score (nSPS) is 42.9. The maximum atomic E-state index is 13.1. The molecule has 364 valence electrons. The number of amides is 2. The number of carboxylic acids is 2. The van der Waals surface area contributed by atoms with Crippen molar-refractivity contribution in [3.8, 4) is 0 Å². The van der Waals surface area contributed by atoms with Gasteiger partial charge in [-0.15, -0.1) is 0 Å². The molecule has 4 aliphatic heterocycles. The fourth-order valence-corrected chi connectivity index (χ4v) is 7.76. The number of aliphatic hydroxyl groups is 14. The van der Waals surface area contributed by atoms with E-state index < -0.39 is 197 Å². The van der Waals surface area contributed by atoms with Crippen LogP contribution < -0.4 is 10.6 Å². The minimum Gasteiger partial charge on any atom is -0.477 e. The van der Waals surface area contributed by atoms with Gasteiger partial charge in [0.25, 0.3) is 11.6 Å². The molecule has 63 heavy (non-hydrogen) atoms. The van der Waals surface area contributed by atoms with Crippen molar-refractivity contribution >= 4 is 23.8 Å². The molecule has 0 spiro atoms. The van der Waals surface area contributed by atoms with E-state index in [9.17, 15) is 101 Å². The van der Waals surface area contributed by atoms with Gasteiger partial charge in [-0.3, -0.25) is 9.59 Å². The summed E-state index contributed by atoms with van der Waals surface area (Å²) >= 11 is 0. The van der Waals surface area contributed by atoms with Crippen molar-refractivity contribution in [2.45, 2.75) is 161 Å². The number of carbonyl (C=O) groups is 4. The zero-order valence-corrected chi connectivity index (χ0v) is 33.4. The molecular formula is C34H56N2O27. The van der Waals surface area contributed by atoms with E-state index in [-0.39, 0.29) is 0 Å². The van der Waals surface area contributed by atoms with E-state index in [2.05, 4.69) is 10.6 Å². The molecule has 0 aromatic carbocycles. The Labute approximate surface area is 355 Å². The Morgan fingerprint density at radius 1 is 0.651 bits per heavy atom. The largest absolute Gasteiger partial charge is 0.477 e. The number of carbonyl (C=O) groups excluding carboxylic acids is 2. The van der Waals surface area contributed by atoms with Crippen molar-refractivity contribution in [2.75, 3.05) is 26.4 Å². The van der Waals surface area contributed by atoms with Gasteiger partial charge >= 0.3 is 11.9 Å². The minimum atomic E-state index is -3.33. The molecule has 0 aromatic rings. The van der Waals surface area contributed by atoms with Crippen LogP contribution >= 0.6 is 0 Å². The zero-order chi connectivity index (χ0) is 47.5. The molecule has 4 saturated heterocycles. The summed E-state index contributed by atoms with van der Waals surface area (Å²) in [6, 6.07) is -3.57. The van der Waals surface area contributed by atoms with Crippen LogP contribution in [0, 0.1) is 0 Å². The van der Waals surface area contributed by atoms with Gasteiger partial charge in [-0.2, -0.15) is 0 Å². The van der Waals surface area contributed by atoms with Crippen LogP contribution in [-0.4, -0.2) is 266 Å². The molecule has 4 rings (SSSR count). The Hall–Kier alpha value is -2.96. The second-order valence-corrected chi connectivity index (χ2v) is 15.5. The molecule has 0 radical (unpaired) electrons. The first-order valence-electron chi connectivity index (χ1n) is 19.4. The van der Waals surface area contributed by atoms with Gasteiger partial charge in [0.2, 0.25) is 11.8 Å². The Balaban J connectivity index is 1.72. The highest BCUT2D eigenvalue weighted by molar-refractivity contribution is 5.77. The molecule has 29 heteroatoms. The number of rotatable bonds is 18. The minimum absolute atomic E-state index is 0.837. The van der Waals surface area contributed by atoms with Crippen LogP contribution in [0.25, 0.3) is 0 Å². The van der Waals surface area contributed by atoms with Gasteiger partial charge in [0.05, 0.1) is 50.7 Å². The van der Waals surface area contributed by atoms with Crippen molar-refractivity contribution in [3.05, 3.63) is 0 Å². The smallest absolute Gasteiger partial charge is 0.364 e. The average molecular weight is 925 g/mol. The van der Waals surface area contributed by atoms with Crippen molar-refractivity contribution in [1.29, 1.82) is 0 Å². The lowest BCUT2D eigenvalue weighted by Crippen LogP contribution is -2.72. The molecule has 18 N–H and O–H groups in total. The third-order valence-corrected chi connectivity index (χ3v) is 11.0. The number of nitrogens with one attached hydrogen (secondary N) is 2. The van der Waals surface area contributed by atoms with Crippen molar-refractivity contribution < 1.29 is 134 Å². The van der Waals surface area contributed by atoms with Gasteiger partial charge in [-0.1, -0.05) is 0 Å². The van der Waals surface area contributed by atoms with Crippen molar-refractivity contribution in [1.82, 2.24) is 10.6 Å². The Morgan fingerprint density at radius 2 is 1.16 bits per heavy atom. The number of aliphatic hydroxyl groups excluding tert-OH is 14. The molecule has 4 fully saturated rings. The summed E-state index contributed by atoms with van der Waals surface area (Å²) in [6.45, 7) is -2.75. The summed E-state index contributed by atoms with van der Waals surface area (Å²) in [7, 11) is 0. The molecule has 4 heterocycles. The zero-order valence-electron chi connectivity index (χ0n) is 33.4. The summed E-state index contributed by atoms with van der Waals surface area (Å²) in [6.07, 6.45) is -40.7. The van der Waals surface area contributed by atoms with E-state index in [0.717, 1.165) is 13.8 Å². The van der Waals surface area contributed by atoms with E-state index in [0.29, 0.717) is 0 Å². The van der Waals surface area contributed by atoms with Crippen LogP contribution in [0.2, 0.25) is 0 Å². The molecule has 29 nitrogen and oxygen atoms in total. The van der Waals surface area contributed by atoms with Crippen molar-refractivity contribution in [3.63, 3.8) is 0 Å². The summed E-state index contributed by atoms with van der Waals surface area (Å²) in [4.78, 5) is 50.3. The first kappa shape index (κ1) is 52.7. The highest BCUT2D eigenvalue weighted by Gasteiger charge is 2.62. The van der Waals surface area contributed by atoms with Crippen LogP contribution in [0.4, 0.5) is 0 Å². The Morgan fingerprint density at radius 3 is 1.63 bits per heavy atom. The molecule has 1 unspecified atom stereocenters. The SMILES string of the molecule is CC(=O)N[C@H]1[C@H]([C@@H](O)[C@H](CO)O[C@@]2(C(=O)O)C[C@H](O)[C@@H](NC(C)=O)[C@H]([C@@H](O)[C@@H](O)CO)O2)O[C@](O[C@H]2[C@@H](O)[C@@H](CO)O[C@@H](O[C@H]3[C@H](O)[C@@H](O)C(O)O[C@@H]3CO)[C@@H]2O)(C(=O)O)C[C@@H]1O. The highest BCUT2D eigenvalue weighted by atomic mass is 16.8. The van der Waals surface area contributed by atoms with Gasteiger partial charge in [-0.05, 0) is 0 Å². The standard InChI is InChI=1S/C34H56N2O27/c1-9(41)35-17-11(43)3-33(31(53)54,61-26(17)19(46)13(45)5-37)60-15(7-39)21(48)27-18(36-10(2)42)12(44)4-34(62-27,32(55)56)63-28-20(47)14(6-38)58-30(24(28)51)59-25-16(8-40)57-29(52)23(50)22(25)49/h11-30,37-40,43-52H,3-8H2,1-2H3,(H,35,41)(H,36,42)(H,53,54)(H,55,56)/t11-,12-,13-,14+,15-,16+,17+,18+,19-,20-,21-,22+,23+,24+,25+,26+,27+,28-,29?,30-,33-,34+/m0/s1. The van der Waals surface area contributed by atoms with Crippen molar-refractivity contribution in [2.24, 2.45) is 0 Å². The average Bonchev–Trinajstić information content (AvgIpc) is 3.22. The molecule has 4 aliphatic rings. The molecule has 0 aromatic heterocycles. The Bertz CT molecular complexity index is 1560. The van der Waals surface area contributed by atoms with Crippen LogP contribution in [0.5, 0.6) is 0 Å². The highest BCUT2D eigenvalue weighted by Crippen LogP contribution is 2.40. The summed E-state index contributed by atoms with van der Waals surface area (Å²) < 4.78 is 38.4. The number of ether oxygens (including phenoxy) is 7. The van der Waals surface area contributed by atoms with Gasteiger partial charge in [0.1, 0.15) is 85.5 Å². The molecule has 22 atom stereocenters. The van der Waals surface area contributed by atoms with Gasteiger partial charge < -0.3 is 125 Å². The maximum absolute atomic E-state index is 13.1. The van der Waals surface area contributed by atoms with E-state index >= 15 is 0 Å². The maximum Gasteiger partial charge on any atom is 0.364 e. The molecule has 0 aliphatic carbocycles. The van der Waals surface area contributed by atoms with E-state index in [1.807, 2.05) is 0 Å². The van der Waals surface area contributed by atoms with Gasteiger partial charge in [0.15, 0.2) is 12.6 Å². The summed E-state index contributed by atoms with van der Waals surface area (Å²) in [5, 5.41) is 173. The Kier molecular flexibility index (Phi) is 18.0. The second-order valence-electron chi connectivity index (χ2n) is 15.5.